The summed E-state index contributed by atoms with van der Waals surface area (Å²) in [5, 5.41) is 6.13. The van der Waals surface area contributed by atoms with Crippen LogP contribution in [0.25, 0.3) is 10.9 Å². The van der Waals surface area contributed by atoms with E-state index in [9.17, 15) is 14.4 Å². The average Bonchev–Trinajstić information content (AvgIpc) is 3.55. The number of nitrogens with one attached hydrogen (secondary N) is 3. The van der Waals surface area contributed by atoms with E-state index in [-0.39, 0.29) is 30.1 Å². The van der Waals surface area contributed by atoms with E-state index in [4.69, 9.17) is 0 Å². The first-order valence-electron chi connectivity index (χ1n) is 9.98. The molecule has 0 aliphatic heterocycles. The topological polar surface area (TPSA) is 107 Å². The Morgan fingerprint density at radius 3 is 2.73 bits per heavy atom. The van der Waals surface area contributed by atoms with Crippen LogP contribution in [-0.2, 0) is 6.54 Å². The lowest BCUT2D eigenvalue weighted by Crippen LogP contribution is -2.32. The highest BCUT2D eigenvalue weighted by molar-refractivity contribution is 5.97. The standard InChI is InChI=1S/C22H23N5O3/c1-2-27(13-19-25-18-9-4-3-8-17(18)20(28)26-19)21(29)14-6-5-7-16(12-14)24-22(30)23-15-10-11-15/h3-9,12,15H,2,10-11,13H2,1H3,(H2,23,24,30)(H,25,26,28). The number of anilines is 1. The van der Waals surface area contributed by atoms with Crippen molar-refractivity contribution in [3.63, 3.8) is 0 Å². The van der Waals surface area contributed by atoms with Gasteiger partial charge in [0.05, 0.1) is 17.4 Å². The summed E-state index contributed by atoms with van der Waals surface area (Å²) in [6.45, 7) is 2.48. The van der Waals surface area contributed by atoms with Gasteiger partial charge in [0.2, 0.25) is 0 Å². The molecule has 8 nitrogen and oxygen atoms in total. The third-order valence-corrected chi connectivity index (χ3v) is 4.95. The third-order valence-electron chi connectivity index (χ3n) is 4.95. The van der Waals surface area contributed by atoms with Gasteiger partial charge in [0.25, 0.3) is 11.5 Å². The Balaban J connectivity index is 1.50. The van der Waals surface area contributed by atoms with Crippen molar-refractivity contribution in [1.82, 2.24) is 20.2 Å². The van der Waals surface area contributed by atoms with Crippen molar-refractivity contribution in [2.75, 3.05) is 11.9 Å². The molecule has 0 radical (unpaired) electrons. The van der Waals surface area contributed by atoms with Crippen LogP contribution < -0.4 is 16.2 Å². The number of benzene rings is 2. The summed E-state index contributed by atoms with van der Waals surface area (Å²) in [5.74, 6) is 0.214. The molecule has 0 spiro atoms. The van der Waals surface area contributed by atoms with Gasteiger partial charge in [0, 0.05) is 23.8 Å². The molecule has 0 saturated heterocycles. The first kappa shape index (κ1) is 19.6. The first-order chi connectivity index (χ1) is 14.5. The van der Waals surface area contributed by atoms with Crippen LogP contribution in [0.1, 0.15) is 35.9 Å². The Bertz CT molecular complexity index is 1150. The Kier molecular flexibility index (Phi) is 5.47. The van der Waals surface area contributed by atoms with E-state index in [2.05, 4.69) is 20.6 Å². The maximum absolute atomic E-state index is 13.0. The van der Waals surface area contributed by atoms with E-state index >= 15 is 0 Å². The normalized spacial score (nSPS) is 13.1. The van der Waals surface area contributed by atoms with Gasteiger partial charge in [0.15, 0.2) is 0 Å². The van der Waals surface area contributed by atoms with Crippen molar-refractivity contribution in [3.05, 3.63) is 70.3 Å². The molecule has 1 fully saturated rings. The number of nitrogens with zero attached hydrogens (tertiary/aromatic N) is 2. The fourth-order valence-corrected chi connectivity index (χ4v) is 3.21. The highest BCUT2D eigenvalue weighted by Crippen LogP contribution is 2.19. The van der Waals surface area contributed by atoms with E-state index < -0.39 is 0 Å². The molecule has 1 aromatic heterocycles. The van der Waals surface area contributed by atoms with Gasteiger partial charge in [-0.05, 0) is 50.1 Å². The smallest absolute Gasteiger partial charge is 0.319 e. The molecule has 0 bridgehead atoms. The van der Waals surface area contributed by atoms with Crippen LogP contribution in [0, 0.1) is 0 Å². The number of amides is 3. The van der Waals surface area contributed by atoms with Crippen molar-refractivity contribution in [3.8, 4) is 0 Å². The van der Waals surface area contributed by atoms with Crippen molar-refractivity contribution in [2.24, 2.45) is 0 Å². The molecule has 1 saturated carbocycles. The van der Waals surface area contributed by atoms with Crippen LogP contribution in [-0.4, -0.2) is 39.4 Å². The van der Waals surface area contributed by atoms with Crippen LogP contribution in [0.3, 0.4) is 0 Å². The molecule has 154 valence electrons. The van der Waals surface area contributed by atoms with Gasteiger partial charge >= 0.3 is 6.03 Å². The van der Waals surface area contributed by atoms with Crippen LogP contribution in [0.15, 0.2) is 53.3 Å². The second-order valence-electron chi connectivity index (χ2n) is 7.30. The summed E-state index contributed by atoms with van der Waals surface area (Å²) in [5.41, 5.74) is 1.36. The zero-order chi connectivity index (χ0) is 21.1. The molecule has 0 unspecified atom stereocenters. The number of aromatic amines is 1. The minimum Gasteiger partial charge on any atom is -0.335 e. The number of H-pyrrole nitrogens is 1. The summed E-state index contributed by atoms with van der Waals surface area (Å²) in [7, 11) is 0. The molecule has 3 N–H and O–H groups in total. The second kappa shape index (κ2) is 8.36. The quantitative estimate of drug-likeness (QED) is 0.586. The number of urea groups is 1. The van der Waals surface area contributed by atoms with Crippen molar-refractivity contribution in [1.29, 1.82) is 0 Å². The van der Waals surface area contributed by atoms with Gasteiger partial charge < -0.3 is 20.5 Å². The first-order valence-corrected chi connectivity index (χ1v) is 9.98. The van der Waals surface area contributed by atoms with E-state index in [1.165, 1.54) is 0 Å². The van der Waals surface area contributed by atoms with Gasteiger partial charge in [-0.3, -0.25) is 9.59 Å². The molecule has 1 heterocycles. The Hall–Kier alpha value is -3.68. The molecule has 3 aromatic rings. The van der Waals surface area contributed by atoms with Crippen molar-refractivity contribution < 1.29 is 9.59 Å². The van der Waals surface area contributed by atoms with Crippen LogP contribution in [0.5, 0.6) is 0 Å². The molecule has 8 heteroatoms. The molecule has 1 aliphatic carbocycles. The Morgan fingerprint density at radius 1 is 1.17 bits per heavy atom. The largest absolute Gasteiger partial charge is 0.335 e. The molecule has 3 amide bonds. The number of hydrogen-bond acceptors (Lipinski definition) is 4. The number of fused-ring (bicyclic) bond motifs is 1. The number of carbonyl (C=O) groups is 2. The minimum atomic E-state index is -0.271. The lowest BCUT2D eigenvalue weighted by molar-refractivity contribution is 0.0748. The second-order valence-corrected chi connectivity index (χ2v) is 7.30. The van der Waals surface area contributed by atoms with Gasteiger partial charge in [-0.15, -0.1) is 0 Å². The lowest BCUT2D eigenvalue weighted by Gasteiger charge is -2.21. The Labute approximate surface area is 173 Å². The predicted molar refractivity (Wildman–Crippen MR) is 114 cm³/mol. The zero-order valence-corrected chi connectivity index (χ0v) is 16.6. The predicted octanol–water partition coefficient (Wildman–Crippen LogP) is 2.87. The minimum absolute atomic E-state index is 0.176. The molecule has 30 heavy (non-hydrogen) atoms. The highest BCUT2D eigenvalue weighted by atomic mass is 16.2. The fraction of sp³-hybridized carbons (Fsp3) is 0.273. The van der Waals surface area contributed by atoms with Gasteiger partial charge in [0.1, 0.15) is 5.82 Å². The molecular weight excluding hydrogens is 382 g/mol. The molecular formula is C22H23N5O3. The number of para-hydroxylation sites is 1. The SMILES string of the molecule is CCN(Cc1nc2ccccc2c(=O)[nH]1)C(=O)c1cccc(NC(=O)NC2CC2)c1. The maximum atomic E-state index is 13.0. The fourth-order valence-electron chi connectivity index (χ4n) is 3.21. The Morgan fingerprint density at radius 2 is 1.97 bits per heavy atom. The maximum Gasteiger partial charge on any atom is 0.319 e. The summed E-state index contributed by atoms with van der Waals surface area (Å²) >= 11 is 0. The molecule has 2 aromatic carbocycles. The van der Waals surface area contributed by atoms with Gasteiger partial charge in [-0.1, -0.05) is 18.2 Å². The van der Waals surface area contributed by atoms with E-state index in [1.807, 2.05) is 13.0 Å². The van der Waals surface area contributed by atoms with E-state index in [0.29, 0.717) is 34.5 Å². The van der Waals surface area contributed by atoms with Crippen molar-refractivity contribution >= 4 is 28.5 Å². The summed E-state index contributed by atoms with van der Waals surface area (Å²) < 4.78 is 0. The van der Waals surface area contributed by atoms with Crippen LogP contribution in [0.2, 0.25) is 0 Å². The third kappa shape index (κ3) is 4.48. The lowest BCUT2D eigenvalue weighted by atomic mass is 10.1. The number of rotatable bonds is 6. The molecule has 0 atom stereocenters. The summed E-state index contributed by atoms with van der Waals surface area (Å²) in [4.78, 5) is 46.1. The van der Waals surface area contributed by atoms with Gasteiger partial charge in [-0.2, -0.15) is 0 Å². The van der Waals surface area contributed by atoms with Crippen molar-refractivity contribution in [2.45, 2.75) is 32.4 Å². The van der Waals surface area contributed by atoms with E-state index in [1.54, 1.807) is 47.4 Å². The highest BCUT2D eigenvalue weighted by Gasteiger charge is 2.23. The zero-order valence-electron chi connectivity index (χ0n) is 16.6. The summed E-state index contributed by atoms with van der Waals surface area (Å²) in [6, 6.07) is 13.9. The number of aromatic nitrogens is 2. The number of carbonyl (C=O) groups excluding carboxylic acids is 2. The van der Waals surface area contributed by atoms with E-state index in [0.717, 1.165) is 12.8 Å². The molecule has 4 rings (SSSR count). The number of hydrogen-bond donors (Lipinski definition) is 3. The van der Waals surface area contributed by atoms with Gasteiger partial charge in [-0.25, -0.2) is 9.78 Å². The molecule has 1 aliphatic rings. The average molecular weight is 405 g/mol. The van der Waals surface area contributed by atoms with Crippen LogP contribution >= 0.6 is 0 Å². The monoisotopic (exact) mass is 405 g/mol. The van der Waals surface area contributed by atoms with Crippen LogP contribution in [0.4, 0.5) is 10.5 Å². The summed E-state index contributed by atoms with van der Waals surface area (Å²) in [6.07, 6.45) is 2.00.